The molecule has 0 aromatic heterocycles. The van der Waals surface area contributed by atoms with E-state index in [-0.39, 0.29) is 0 Å². The van der Waals surface area contributed by atoms with Crippen molar-refractivity contribution in [2.75, 3.05) is 38.8 Å². The van der Waals surface area contributed by atoms with E-state index in [1.165, 1.54) is 18.5 Å². The van der Waals surface area contributed by atoms with Gasteiger partial charge in [0.05, 0.1) is 14.2 Å². The standard InChI is InChI=1S/C15H24N2O2/c1-18-14-6-5-13(10-15(14)19-2)17-9-7-12(11-17)4-3-8-16/h5-6,10,12H,3-4,7-9,11,16H2,1-2H3. The van der Waals surface area contributed by atoms with Gasteiger partial charge in [-0.3, -0.25) is 0 Å². The van der Waals surface area contributed by atoms with Gasteiger partial charge in [-0.15, -0.1) is 0 Å². The van der Waals surface area contributed by atoms with Gasteiger partial charge < -0.3 is 20.1 Å². The summed E-state index contributed by atoms with van der Waals surface area (Å²) in [5, 5.41) is 0. The van der Waals surface area contributed by atoms with Crippen molar-refractivity contribution in [3.8, 4) is 11.5 Å². The van der Waals surface area contributed by atoms with Gasteiger partial charge >= 0.3 is 0 Å². The van der Waals surface area contributed by atoms with Crippen LogP contribution >= 0.6 is 0 Å². The number of nitrogens with two attached hydrogens (primary N) is 1. The van der Waals surface area contributed by atoms with Crippen molar-refractivity contribution < 1.29 is 9.47 Å². The first-order valence-corrected chi connectivity index (χ1v) is 6.95. The first-order chi connectivity index (χ1) is 9.28. The van der Waals surface area contributed by atoms with Crippen molar-refractivity contribution in [3.05, 3.63) is 18.2 Å². The molecule has 0 aliphatic carbocycles. The lowest BCUT2D eigenvalue weighted by Crippen LogP contribution is -2.19. The summed E-state index contributed by atoms with van der Waals surface area (Å²) >= 11 is 0. The van der Waals surface area contributed by atoms with Crippen molar-refractivity contribution in [1.29, 1.82) is 0 Å². The number of benzene rings is 1. The van der Waals surface area contributed by atoms with Gasteiger partial charge in [0, 0.05) is 24.8 Å². The average molecular weight is 264 g/mol. The first kappa shape index (κ1) is 14.0. The highest BCUT2D eigenvalue weighted by molar-refractivity contribution is 5.56. The van der Waals surface area contributed by atoms with Crippen LogP contribution in [0.4, 0.5) is 5.69 Å². The molecule has 1 aliphatic heterocycles. The molecule has 0 bridgehead atoms. The highest BCUT2D eigenvalue weighted by Crippen LogP contribution is 2.34. The molecule has 4 heteroatoms. The first-order valence-electron chi connectivity index (χ1n) is 6.95. The molecule has 19 heavy (non-hydrogen) atoms. The molecule has 1 fully saturated rings. The second kappa shape index (κ2) is 6.66. The average Bonchev–Trinajstić information content (AvgIpc) is 2.93. The second-order valence-corrected chi connectivity index (χ2v) is 5.07. The van der Waals surface area contributed by atoms with Crippen molar-refractivity contribution >= 4 is 5.69 Å². The minimum atomic E-state index is 0.775. The van der Waals surface area contributed by atoms with Gasteiger partial charge in [0.25, 0.3) is 0 Å². The van der Waals surface area contributed by atoms with Gasteiger partial charge in [-0.05, 0) is 43.9 Å². The Morgan fingerprint density at radius 2 is 2.05 bits per heavy atom. The summed E-state index contributed by atoms with van der Waals surface area (Å²) in [7, 11) is 3.34. The molecule has 1 aliphatic rings. The molecule has 1 saturated heterocycles. The quantitative estimate of drug-likeness (QED) is 0.856. The molecule has 0 amide bonds. The highest BCUT2D eigenvalue weighted by atomic mass is 16.5. The summed E-state index contributed by atoms with van der Waals surface area (Å²) in [6, 6.07) is 6.14. The minimum absolute atomic E-state index is 0.775. The molecule has 0 spiro atoms. The van der Waals surface area contributed by atoms with Crippen LogP contribution in [0.5, 0.6) is 11.5 Å². The minimum Gasteiger partial charge on any atom is -0.493 e. The molecule has 0 saturated carbocycles. The van der Waals surface area contributed by atoms with Crippen molar-refractivity contribution in [2.24, 2.45) is 11.7 Å². The Bertz CT molecular complexity index is 409. The van der Waals surface area contributed by atoms with E-state index in [2.05, 4.69) is 17.0 Å². The highest BCUT2D eigenvalue weighted by Gasteiger charge is 2.22. The lowest BCUT2D eigenvalue weighted by molar-refractivity contribution is 0.355. The van der Waals surface area contributed by atoms with E-state index in [9.17, 15) is 0 Å². The Morgan fingerprint density at radius 1 is 1.26 bits per heavy atom. The molecule has 1 aromatic carbocycles. The van der Waals surface area contributed by atoms with Crippen molar-refractivity contribution in [3.63, 3.8) is 0 Å². The zero-order chi connectivity index (χ0) is 13.7. The number of anilines is 1. The van der Waals surface area contributed by atoms with Gasteiger partial charge in [-0.25, -0.2) is 0 Å². The Labute approximate surface area is 115 Å². The SMILES string of the molecule is COc1ccc(N2CCC(CCCN)C2)cc1OC. The molecular formula is C15H24N2O2. The summed E-state index contributed by atoms with van der Waals surface area (Å²) in [4.78, 5) is 2.42. The van der Waals surface area contributed by atoms with Crippen LogP contribution in [0.3, 0.4) is 0 Å². The summed E-state index contributed by atoms with van der Waals surface area (Å²) in [6.07, 6.45) is 3.62. The molecule has 2 rings (SSSR count). The van der Waals surface area contributed by atoms with E-state index in [1.807, 2.05) is 6.07 Å². The molecule has 0 radical (unpaired) electrons. The van der Waals surface area contributed by atoms with Crippen LogP contribution in [-0.4, -0.2) is 33.9 Å². The van der Waals surface area contributed by atoms with Gasteiger partial charge in [-0.1, -0.05) is 0 Å². The molecule has 4 nitrogen and oxygen atoms in total. The maximum absolute atomic E-state index is 5.58. The monoisotopic (exact) mass is 264 g/mol. The van der Waals surface area contributed by atoms with E-state index >= 15 is 0 Å². The molecule has 1 aromatic rings. The smallest absolute Gasteiger partial charge is 0.162 e. The zero-order valence-electron chi connectivity index (χ0n) is 11.9. The lowest BCUT2D eigenvalue weighted by atomic mass is 10.0. The summed E-state index contributed by atoms with van der Waals surface area (Å²) in [5.74, 6) is 2.35. The molecular weight excluding hydrogens is 240 g/mol. The Hall–Kier alpha value is -1.42. The van der Waals surface area contributed by atoms with Gasteiger partial charge in [-0.2, -0.15) is 0 Å². The van der Waals surface area contributed by atoms with Crippen LogP contribution in [-0.2, 0) is 0 Å². The largest absolute Gasteiger partial charge is 0.493 e. The van der Waals surface area contributed by atoms with E-state index in [1.54, 1.807) is 14.2 Å². The third kappa shape index (κ3) is 3.32. The molecule has 2 N–H and O–H groups in total. The number of hydrogen-bond acceptors (Lipinski definition) is 4. The Morgan fingerprint density at radius 3 is 2.74 bits per heavy atom. The van der Waals surface area contributed by atoms with Crippen LogP contribution < -0.4 is 20.1 Å². The number of nitrogens with zero attached hydrogens (tertiary/aromatic N) is 1. The van der Waals surface area contributed by atoms with Gasteiger partial charge in [0.2, 0.25) is 0 Å². The van der Waals surface area contributed by atoms with E-state index in [0.29, 0.717) is 0 Å². The molecule has 1 atom stereocenters. The number of ether oxygens (including phenoxy) is 2. The van der Waals surface area contributed by atoms with Crippen molar-refractivity contribution in [1.82, 2.24) is 0 Å². The Kier molecular flexibility index (Phi) is 4.91. The maximum atomic E-state index is 5.58. The van der Waals surface area contributed by atoms with Crippen LogP contribution in [0.1, 0.15) is 19.3 Å². The van der Waals surface area contributed by atoms with Crippen LogP contribution in [0, 0.1) is 5.92 Å². The lowest BCUT2D eigenvalue weighted by Gasteiger charge is -2.20. The topological polar surface area (TPSA) is 47.7 Å². The summed E-state index contributed by atoms with van der Waals surface area (Å²) in [6.45, 7) is 3.03. The molecule has 106 valence electrons. The fourth-order valence-corrected chi connectivity index (χ4v) is 2.73. The number of hydrogen-bond donors (Lipinski definition) is 1. The third-order valence-electron chi connectivity index (χ3n) is 3.83. The van der Waals surface area contributed by atoms with Crippen LogP contribution in [0.15, 0.2) is 18.2 Å². The van der Waals surface area contributed by atoms with Crippen LogP contribution in [0.25, 0.3) is 0 Å². The van der Waals surface area contributed by atoms with Crippen molar-refractivity contribution in [2.45, 2.75) is 19.3 Å². The van der Waals surface area contributed by atoms with Gasteiger partial charge in [0.15, 0.2) is 11.5 Å². The second-order valence-electron chi connectivity index (χ2n) is 5.07. The number of methoxy groups -OCH3 is 2. The van der Waals surface area contributed by atoms with Crippen LogP contribution in [0.2, 0.25) is 0 Å². The fraction of sp³-hybridized carbons (Fsp3) is 0.600. The predicted molar refractivity (Wildman–Crippen MR) is 78.2 cm³/mol. The van der Waals surface area contributed by atoms with E-state index < -0.39 is 0 Å². The number of rotatable bonds is 6. The zero-order valence-corrected chi connectivity index (χ0v) is 11.9. The van der Waals surface area contributed by atoms with Gasteiger partial charge in [0.1, 0.15) is 0 Å². The molecule has 1 heterocycles. The summed E-state index contributed by atoms with van der Waals surface area (Å²) < 4.78 is 10.6. The third-order valence-corrected chi connectivity index (χ3v) is 3.83. The normalized spacial score (nSPS) is 18.7. The summed E-state index contributed by atoms with van der Waals surface area (Å²) in [5.41, 5.74) is 6.79. The molecule has 1 unspecified atom stereocenters. The Balaban J connectivity index is 2.03. The van der Waals surface area contributed by atoms with E-state index in [4.69, 9.17) is 15.2 Å². The fourth-order valence-electron chi connectivity index (χ4n) is 2.73. The predicted octanol–water partition coefficient (Wildman–Crippen LogP) is 2.27. The maximum Gasteiger partial charge on any atom is 0.162 e. The van der Waals surface area contributed by atoms with E-state index in [0.717, 1.165) is 43.5 Å².